The second-order valence-corrected chi connectivity index (χ2v) is 6.79. The summed E-state index contributed by atoms with van der Waals surface area (Å²) >= 11 is 0. The number of aryl methyl sites for hydroxylation is 2. The summed E-state index contributed by atoms with van der Waals surface area (Å²) in [4.78, 5) is 18.4. The number of pyridine rings is 1. The van der Waals surface area contributed by atoms with Crippen molar-refractivity contribution >= 4 is 29.9 Å². The summed E-state index contributed by atoms with van der Waals surface area (Å²) < 4.78 is 3.62. The van der Waals surface area contributed by atoms with Gasteiger partial charge in [0, 0.05) is 64.7 Å². The fraction of sp³-hybridized carbons (Fsp3) is 0.526. The van der Waals surface area contributed by atoms with Gasteiger partial charge >= 0.3 is 0 Å². The number of halogens is 1. The minimum atomic E-state index is 0. The molecule has 0 spiro atoms. The van der Waals surface area contributed by atoms with Crippen molar-refractivity contribution in [2.24, 2.45) is 12.0 Å². The summed E-state index contributed by atoms with van der Waals surface area (Å²) in [5.74, 6) is 1.49. The summed E-state index contributed by atoms with van der Waals surface area (Å²) in [5.41, 5.74) is 1.37. The zero-order chi connectivity index (χ0) is 18.4. The second kappa shape index (κ2) is 10.5. The molecule has 0 amide bonds. The first-order valence-electron chi connectivity index (χ1n) is 9.27. The Morgan fingerprint density at radius 2 is 2.22 bits per heavy atom. The van der Waals surface area contributed by atoms with E-state index >= 15 is 0 Å². The van der Waals surface area contributed by atoms with Gasteiger partial charge in [-0.25, -0.2) is 0 Å². The largest absolute Gasteiger partial charge is 0.356 e. The van der Waals surface area contributed by atoms with Gasteiger partial charge in [-0.1, -0.05) is 6.07 Å². The van der Waals surface area contributed by atoms with Crippen molar-refractivity contribution in [2.45, 2.75) is 31.7 Å². The van der Waals surface area contributed by atoms with Crippen molar-refractivity contribution in [1.82, 2.24) is 24.6 Å². The molecule has 1 fully saturated rings. The monoisotopic (exact) mass is 484 g/mol. The Bertz CT molecular complexity index is 799. The first-order chi connectivity index (χ1) is 12.7. The number of rotatable bonds is 6. The van der Waals surface area contributed by atoms with E-state index in [0.717, 1.165) is 51.4 Å². The summed E-state index contributed by atoms with van der Waals surface area (Å²) in [5, 5.41) is 7.74. The van der Waals surface area contributed by atoms with Gasteiger partial charge in [0.25, 0.3) is 0 Å². The van der Waals surface area contributed by atoms with Crippen molar-refractivity contribution in [1.29, 1.82) is 0 Å². The number of aliphatic imine (C=N–C) groups is 1. The highest BCUT2D eigenvalue weighted by molar-refractivity contribution is 14.0. The van der Waals surface area contributed by atoms with Crippen LogP contribution in [0.4, 0.5) is 0 Å². The molecule has 148 valence electrons. The SMILES string of the molecule is CN=C(NCCCCn1ccccc1=O)N1CCC(c2cnn(C)c2)C1.I. The molecule has 0 radical (unpaired) electrons. The standard InChI is InChI=1S/C19H28N6O.HI/c1-20-19(21-9-4-6-11-24-10-5-3-7-18(24)26)25-12-8-16(15-25)17-13-22-23(2)14-17;/h3,5,7,10,13-14,16H,4,6,8-9,11-12,15H2,1-2H3,(H,20,21);1H. The van der Waals surface area contributed by atoms with E-state index in [2.05, 4.69) is 26.5 Å². The molecule has 8 heteroatoms. The number of nitrogens with zero attached hydrogens (tertiary/aromatic N) is 5. The number of hydrogen-bond acceptors (Lipinski definition) is 3. The lowest BCUT2D eigenvalue weighted by atomic mass is 10.0. The third kappa shape index (κ3) is 5.82. The summed E-state index contributed by atoms with van der Waals surface area (Å²) in [6.45, 7) is 3.61. The van der Waals surface area contributed by atoms with Crippen LogP contribution in [0.2, 0.25) is 0 Å². The smallest absolute Gasteiger partial charge is 0.250 e. The summed E-state index contributed by atoms with van der Waals surface area (Å²) in [6.07, 6.45) is 9.01. The lowest BCUT2D eigenvalue weighted by Crippen LogP contribution is -2.40. The molecule has 1 N–H and O–H groups in total. The van der Waals surface area contributed by atoms with Gasteiger partial charge in [0.05, 0.1) is 6.20 Å². The Hall–Kier alpha value is -1.84. The summed E-state index contributed by atoms with van der Waals surface area (Å²) in [6, 6.07) is 5.28. The average molecular weight is 484 g/mol. The van der Waals surface area contributed by atoms with E-state index in [1.54, 1.807) is 16.7 Å². The molecule has 1 aliphatic rings. The molecule has 7 nitrogen and oxygen atoms in total. The van der Waals surface area contributed by atoms with Crippen LogP contribution in [0.15, 0.2) is 46.6 Å². The lowest BCUT2D eigenvalue weighted by Gasteiger charge is -2.21. The maximum Gasteiger partial charge on any atom is 0.250 e. The normalized spacial score (nSPS) is 17.0. The van der Waals surface area contributed by atoms with Crippen molar-refractivity contribution in [3.63, 3.8) is 0 Å². The van der Waals surface area contributed by atoms with Crippen LogP contribution in [0, 0.1) is 0 Å². The van der Waals surface area contributed by atoms with E-state index in [1.165, 1.54) is 5.56 Å². The van der Waals surface area contributed by atoms with Gasteiger partial charge < -0.3 is 14.8 Å². The molecule has 1 saturated heterocycles. The highest BCUT2D eigenvalue weighted by Crippen LogP contribution is 2.26. The van der Waals surface area contributed by atoms with Crippen molar-refractivity contribution in [3.05, 3.63) is 52.7 Å². The number of guanidine groups is 1. The van der Waals surface area contributed by atoms with E-state index in [9.17, 15) is 4.79 Å². The van der Waals surface area contributed by atoms with Gasteiger partial charge in [-0.2, -0.15) is 5.10 Å². The molecule has 3 rings (SSSR count). The van der Waals surface area contributed by atoms with Crippen LogP contribution in [-0.4, -0.2) is 51.9 Å². The van der Waals surface area contributed by atoms with Crippen LogP contribution in [0.1, 0.15) is 30.7 Å². The zero-order valence-corrected chi connectivity index (χ0v) is 18.4. The van der Waals surface area contributed by atoms with Crippen LogP contribution in [0.25, 0.3) is 0 Å². The van der Waals surface area contributed by atoms with Crippen LogP contribution < -0.4 is 10.9 Å². The maximum atomic E-state index is 11.7. The van der Waals surface area contributed by atoms with Crippen molar-refractivity contribution in [2.75, 3.05) is 26.7 Å². The topological polar surface area (TPSA) is 67.5 Å². The van der Waals surface area contributed by atoms with Gasteiger partial charge in [-0.15, -0.1) is 24.0 Å². The Kier molecular flexibility index (Phi) is 8.33. The highest BCUT2D eigenvalue weighted by atomic mass is 127. The minimum absolute atomic E-state index is 0. The molecule has 0 aliphatic carbocycles. The van der Waals surface area contributed by atoms with Crippen LogP contribution in [0.3, 0.4) is 0 Å². The van der Waals surface area contributed by atoms with Gasteiger partial charge in [0.15, 0.2) is 5.96 Å². The average Bonchev–Trinajstić information content (AvgIpc) is 3.28. The molecule has 0 bridgehead atoms. The molecule has 0 aromatic carbocycles. The quantitative estimate of drug-likeness (QED) is 0.295. The minimum Gasteiger partial charge on any atom is -0.356 e. The molecular weight excluding hydrogens is 455 g/mol. The van der Waals surface area contributed by atoms with Gasteiger partial charge in [0.2, 0.25) is 5.56 Å². The maximum absolute atomic E-state index is 11.7. The molecule has 1 atom stereocenters. The van der Waals surface area contributed by atoms with Gasteiger partial charge in [-0.3, -0.25) is 14.5 Å². The van der Waals surface area contributed by atoms with Gasteiger partial charge in [0.1, 0.15) is 0 Å². The third-order valence-corrected chi connectivity index (χ3v) is 4.90. The van der Waals surface area contributed by atoms with E-state index in [1.807, 2.05) is 37.2 Å². The number of hydrogen-bond donors (Lipinski definition) is 1. The Balaban J connectivity index is 0.00000261. The molecule has 1 aliphatic heterocycles. The fourth-order valence-electron chi connectivity index (χ4n) is 3.46. The van der Waals surface area contributed by atoms with E-state index < -0.39 is 0 Å². The Morgan fingerprint density at radius 3 is 2.93 bits per heavy atom. The van der Waals surface area contributed by atoms with Crippen molar-refractivity contribution < 1.29 is 0 Å². The molecular formula is C19H29IN6O. The first kappa shape index (κ1) is 21.5. The number of unbranched alkanes of at least 4 members (excludes halogenated alkanes) is 1. The Labute approximate surface area is 177 Å². The van der Waals surface area contributed by atoms with Crippen LogP contribution in [0.5, 0.6) is 0 Å². The molecule has 2 aromatic heterocycles. The molecule has 2 aromatic rings. The van der Waals surface area contributed by atoms with Crippen molar-refractivity contribution in [3.8, 4) is 0 Å². The highest BCUT2D eigenvalue weighted by Gasteiger charge is 2.26. The van der Waals surface area contributed by atoms with E-state index in [-0.39, 0.29) is 29.5 Å². The predicted octanol–water partition coefficient (Wildman–Crippen LogP) is 2.04. The fourth-order valence-corrected chi connectivity index (χ4v) is 3.46. The number of aromatic nitrogens is 3. The van der Waals surface area contributed by atoms with E-state index in [4.69, 9.17) is 0 Å². The first-order valence-corrected chi connectivity index (χ1v) is 9.27. The number of likely N-dealkylation sites (tertiary alicyclic amines) is 1. The second-order valence-electron chi connectivity index (χ2n) is 6.79. The molecule has 27 heavy (non-hydrogen) atoms. The summed E-state index contributed by atoms with van der Waals surface area (Å²) in [7, 11) is 3.80. The zero-order valence-electron chi connectivity index (χ0n) is 16.0. The molecule has 0 saturated carbocycles. The van der Waals surface area contributed by atoms with Crippen LogP contribution in [-0.2, 0) is 13.6 Å². The van der Waals surface area contributed by atoms with Gasteiger partial charge in [-0.05, 0) is 30.9 Å². The lowest BCUT2D eigenvalue weighted by molar-refractivity contribution is 0.481. The predicted molar refractivity (Wildman–Crippen MR) is 119 cm³/mol. The van der Waals surface area contributed by atoms with Crippen LogP contribution >= 0.6 is 24.0 Å². The number of nitrogens with one attached hydrogen (secondary N) is 1. The molecule has 3 heterocycles. The Morgan fingerprint density at radius 1 is 1.37 bits per heavy atom. The van der Waals surface area contributed by atoms with E-state index in [0.29, 0.717) is 5.92 Å². The molecule has 1 unspecified atom stereocenters. The third-order valence-electron chi connectivity index (χ3n) is 4.90.